The predicted octanol–water partition coefficient (Wildman–Crippen LogP) is -4.29. The molecule has 0 spiro atoms. The van der Waals surface area contributed by atoms with Crippen LogP contribution in [-0.4, -0.2) is 83.5 Å². The number of carboxylic acid groups (broad SMARTS) is 1. The lowest BCUT2D eigenvalue weighted by molar-refractivity contribution is -0.142. The van der Waals surface area contributed by atoms with E-state index in [1.165, 1.54) is 0 Å². The Morgan fingerprint density at radius 3 is 1.97 bits per heavy atom. The van der Waals surface area contributed by atoms with E-state index in [0.717, 1.165) is 0 Å². The first-order valence-electron chi connectivity index (χ1n) is 10.1. The van der Waals surface area contributed by atoms with Gasteiger partial charge in [0, 0.05) is 6.42 Å². The minimum absolute atomic E-state index is 0.0665. The molecule has 0 bridgehead atoms. The number of hydrogen-bond donors (Lipinski definition) is 8. The van der Waals surface area contributed by atoms with E-state index in [1.54, 1.807) is 30.3 Å². The Bertz CT molecular complexity index is 894. The molecule has 0 aliphatic carbocycles. The second kappa shape index (κ2) is 14.2. The van der Waals surface area contributed by atoms with Gasteiger partial charge in [0.15, 0.2) is 0 Å². The van der Waals surface area contributed by atoms with Crippen LogP contribution >= 0.6 is 0 Å². The maximum absolute atomic E-state index is 12.7. The van der Waals surface area contributed by atoms with Gasteiger partial charge in [0.1, 0.15) is 18.1 Å². The summed E-state index contributed by atoms with van der Waals surface area (Å²) in [4.78, 5) is 71.1. The van der Waals surface area contributed by atoms with E-state index in [9.17, 15) is 39.0 Å². The predicted molar refractivity (Wildman–Crippen MR) is 117 cm³/mol. The zero-order valence-electron chi connectivity index (χ0n) is 18.2. The summed E-state index contributed by atoms with van der Waals surface area (Å²) < 4.78 is 0. The number of hydrogen-bond acceptors (Lipinski definition) is 8. The Hall–Kier alpha value is -4.04. The van der Waals surface area contributed by atoms with E-state index in [2.05, 4.69) is 21.3 Å². The lowest BCUT2D eigenvalue weighted by Crippen LogP contribution is -2.58. The Kier molecular flexibility index (Phi) is 11.7. The number of aliphatic hydroxyl groups is 1. The maximum atomic E-state index is 12.7. The third-order valence-corrected chi connectivity index (χ3v) is 4.40. The number of aliphatic carboxylic acids is 1. The van der Waals surface area contributed by atoms with Crippen LogP contribution in [0.4, 0.5) is 0 Å². The lowest BCUT2D eigenvalue weighted by atomic mass is 10.0. The van der Waals surface area contributed by atoms with E-state index in [-0.39, 0.29) is 13.0 Å². The zero-order chi connectivity index (χ0) is 25.7. The number of aliphatic hydroxyl groups excluding tert-OH is 1. The first-order valence-corrected chi connectivity index (χ1v) is 10.1. The van der Waals surface area contributed by atoms with E-state index in [1.807, 2.05) is 0 Å². The average molecular weight is 480 g/mol. The van der Waals surface area contributed by atoms with Gasteiger partial charge >= 0.3 is 5.97 Å². The number of carboxylic acids is 1. The number of amides is 5. The SMILES string of the molecule is NCC(=O)NCC(=O)N[C@@H](CO)C(=O)N[C@@H](CC(N)=O)C(=O)N[C@@H](Cc1ccccc1)C(=O)O. The Morgan fingerprint density at radius 2 is 1.44 bits per heavy atom. The Balaban J connectivity index is 2.85. The van der Waals surface area contributed by atoms with Crippen molar-refractivity contribution in [2.75, 3.05) is 19.7 Å². The fourth-order valence-electron chi connectivity index (χ4n) is 2.70. The molecule has 0 saturated carbocycles. The van der Waals surface area contributed by atoms with Crippen LogP contribution < -0.4 is 32.7 Å². The largest absolute Gasteiger partial charge is 0.480 e. The molecule has 0 aliphatic heterocycles. The summed E-state index contributed by atoms with van der Waals surface area (Å²) in [5.41, 5.74) is 10.8. The minimum Gasteiger partial charge on any atom is -0.480 e. The summed E-state index contributed by atoms with van der Waals surface area (Å²) in [7, 11) is 0. The second-order valence-electron chi connectivity index (χ2n) is 7.10. The summed E-state index contributed by atoms with van der Waals surface area (Å²) >= 11 is 0. The highest BCUT2D eigenvalue weighted by atomic mass is 16.4. The van der Waals surface area contributed by atoms with Crippen molar-refractivity contribution in [1.29, 1.82) is 0 Å². The Labute approximate surface area is 194 Å². The topological polar surface area (TPSA) is 243 Å². The highest BCUT2D eigenvalue weighted by Gasteiger charge is 2.30. The van der Waals surface area contributed by atoms with Gasteiger partial charge in [-0.25, -0.2) is 4.79 Å². The molecule has 14 nitrogen and oxygen atoms in total. The van der Waals surface area contributed by atoms with E-state index >= 15 is 0 Å². The van der Waals surface area contributed by atoms with Crippen LogP contribution in [0.5, 0.6) is 0 Å². The van der Waals surface area contributed by atoms with Gasteiger partial charge in [0.25, 0.3) is 0 Å². The van der Waals surface area contributed by atoms with Crippen LogP contribution in [-0.2, 0) is 35.2 Å². The van der Waals surface area contributed by atoms with E-state index in [0.29, 0.717) is 5.56 Å². The van der Waals surface area contributed by atoms with Crippen LogP contribution in [0.15, 0.2) is 30.3 Å². The molecule has 0 aromatic heterocycles. The standard InChI is InChI=1S/C20H28N6O8/c21-8-16(29)23-9-17(30)24-14(10-27)19(32)25-12(7-15(22)28)18(31)26-13(20(33)34)6-11-4-2-1-3-5-11/h1-5,12-14,27H,6-10,21H2,(H2,22,28)(H,23,29)(H,24,30)(H,25,32)(H,26,31)(H,33,34)/t12-,13-,14-/m0/s1. The van der Waals surface area contributed by atoms with Gasteiger partial charge in [-0.1, -0.05) is 30.3 Å². The molecule has 1 aromatic rings. The molecular formula is C20H28N6O8. The quantitative estimate of drug-likeness (QED) is 0.128. The number of carbonyl (C=O) groups is 6. The molecule has 0 aliphatic rings. The maximum Gasteiger partial charge on any atom is 0.326 e. The summed E-state index contributed by atoms with van der Waals surface area (Å²) in [6.45, 7) is -1.76. The van der Waals surface area contributed by atoms with Crippen molar-refractivity contribution in [3.63, 3.8) is 0 Å². The Morgan fingerprint density at radius 1 is 0.853 bits per heavy atom. The number of benzene rings is 1. The minimum atomic E-state index is -1.58. The highest BCUT2D eigenvalue weighted by Crippen LogP contribution is 2.05. The molecule has 14 heteroatoms. The fourth-order valence-corrected chi connectivity index (χ4v) is 2.70. The van der Waals surface area contributed by atoms with Gasteiger partial charge in [-0.15, -0.1) is 0 Å². The van der Waals surface area contributed by atoms with Gasteiger partial charge in [-0.2, -0.15) is 0 Å². The molecule has 0 radical (unpaired) electrons. The normalized spacial score (nSPS) is 13.0. The molecule has 186 valence electrons. The third-order valence-electron chi connectivity index (χ3n) is 4.40. The van der Waals surface area contributed by atoms with E-state index in [4.69, 9.17) is 11.5 Å². The molecule has 1 rings (SSSR count). The molecule has 5 amide bonds. The molecular weight excluding hydrogens is 452 g/mol. The zero-order valence-corrected chi connectivity index (χ0v) is 18.2. The molecule has 34 heavy (non-hydrogen) atoms. The first kappa shape index (κ1) is 28.0. The second-order valence-corrected chi connectivity index (χ2v) is 7.10. The van der Waals surface area contributed by atoms with Crippen LogP contribution in [0.25, 0.3) is 0 Å². The summed E-state index contributed by atoms with van der Waals surface area (Å²) in [5.74, 6) is -5.82. The molecule has 0 fully saturated rings. The van der Waals surface area contributed by atoms with Crippen molar-refractivity contribution < 1.29 is 39.0 Å². The van der Waals surface area contributed by atoms with Gasteiger partial charge < -0.3 is 42.9 Å². The highest BCUT2D eigenvalue weighted by molar-refractivity contribution is 5.96. The number of nitrogens with two attached hydrogens (primary N) is 2. The van der Waals surface area contributed by atoms with Crippen molar-refractivity contribution in [3.05, 3.63) is 35.9 Å². The van der Waals surface area contributed by atoms with Gasteiger partial charge in [0.2, 0.25) is 29.5 Å². The number of rotatable bonds is 14. The molecule has 0 unspecified atom stereocenters. The van der Waals surface area contributed by atoms with Crippen molar-refractivity contribution in [3.8, 4) is 0 Å². The summed E-state index contributed by atoms with van der Waals surface area (Å²) in [6, 6.07) is 3.95. The van der Waals surface area contributed by atoms with Gasteiger partial charge in [-0.05, 0) is 5.56 Å². The summed E-state index contributed by atoms with van der Waals surface area (Å²) in [6.07, 6.45) is -0.739. The van der Waals surface area contributed by atoms with Crippen molar-refractivity contribution in [1.82, 2.24) is 21.3 Å². The monoisotopic (exact) mass is 480 g/mol. The first-order chi connectivity index (χ1) is 16.1. The van der Waals surface area contributed by atoms with Gasteiger partial charge in [0.05, 0.1) is 26.1 Å². The number of carbonyl (C=O) groups excluding carboxylic acids is 5. The van der Waals surface area contributed by atoms with Crippen LogP contribution in [0.2, 0.25) is 0 Å². The van der Waals surface area contributed by atoms with Gasteiger partial charge in [-0.3, -0.25) is 24.0 Å². The van der Waals surface area contributed by atoms with Crippen LogP contribution in [0, 0.1) is 0 Å². The lowest BCUT2D eigenvalue weighted by Gasteiger charge is -2.23. The summed E-state index contributed by atoms with van der Waals surface area (Å²) in [5, 5.41) is 27.6. The third kappa shape index (κ3) is 10.1. The molecule has 0 heterocycles. The van der Waals surface area contributed by atoms with Crippen molar-refractivity contribution in [2.45, 2.75) is 31.0 Å². The van der Waals surface area contributed by atoms with Crippen molar-refractivity contribution in [2.24, 2.45) is 11.5 Å². The van der Waals surface area contributed by atoms with E-state index < -0.39 is 73.2 Å². The fraction of sp³-hybridized carbons (Fsp3) is 0.400. The number of nitrogens with one attached hydrogen (secondary N) is 4. The average Bonchev–Trinajstić information content (AvgIpc) is 2.80. The van der Waals surface area contributed by atoms with Crippen molar-refractivity contribution >= 4 is 35.5 Å². The molecule has 10 N–H and O–H groups in total. The molecule has 3 atom stereocenters. The number of primary amides is 1. The van der Waals surface area contributed by atoms with Crippen LogP contribution in [0.3, 0.4) is 0 Å². The van der Waals surface area contributed by atoms with Crippen LogP contribution in [0.1, 0.15) is 12.0 Å². The molecule has 0 saturated heterocycles. The smallest absolute Gasteiger partial charge is 0.326 e. The molecule has 1 aromatic carbocycles.